The van der Waals surface area contributed by atoms with Crippen molar-refractivity contribution < 1.29 is 0 Å². The van der Waals surface area contributed by atoms with Crippen molar-refractivity contribution in [3.05, 3.63) is 53.9 Å². The maximum atomic E-state index is 4.39. The largest absolute Gasteiger partial charge is 0.388 e. The van der Waals surface area contributed by atoms with Crippen LogP contribution in [0.25, 0.3) is 0 Å². The van der Waals surface area contributed by atoms with Crippen molar-refractivity contribution in [3.8, 4) is 0 Å². The number of aromatic nitrogens is 1. The number of nitrogens with zero attached hydrogens (tertiary/aromatic N) is 2. The predicted molar refractivity (Wildman–Crippen MR) is 77.1 cm³/mol. The quantitative estimate of drug-likeness (QED) is 0.891. The zero-order chi connectivity index (χ0) is 13.0. The van der Waals surface area contributed by atoms with E-state index < -0.39 is 0 Å². The summed E-state index contributed by atoms with van der Waals surface area (Å²) in [6.45, 7) is 2.90. The van der Waals surface area contributed by atoms with Gasteiger partial charge in [-0.15, -0.1) is 0 Å². The molecular formula is C15H19N3. The maximum Gasteiger partial charge on any atom is 0.0617 e. The van der Waals surface area contributed by atoms with E-state index in [1.807, 2.05) is 19.3 Å². The van der Waals surface area contributed by atoms with E-state index in [1.54, 1.807) is 0 Å². The summed E-state index contributed by atoms with van der Waals surface area (Å²) in [4.78, 5) is 6.58. The molecule has 1 aromatic heterocycles. The number of anilines is 2. The lowest BCUT2D eigenvalue weighted by Crippen LogP contribution is -2.17. The maximum absolute atomic E-state index is 4.39. The molecule has 0 spiro atoms. The summed E-state index contributed by atoms with van der Waals surface area (Å²) >= 11 is 0. The van der Waals surface area contributed by atoms with E-state index in [0.717, 1.165) is 17.9 Å². The van der Waals surface area contributed by atoms with E-state index in [-0.39, 0.29) is 0 Å². The minimum atomic E-state index is 0.804. The molecule has 0 bridgehead atoms. The molecule has 0 amide bonds. The molecule has 1 aromatic carbocycles. The van der Waals surface area contributed by atoms with E-state index in [1.165, 1.54) is 11.3 Å². The number of hydrogen-bond acceptors (Lipinski definition) is 3. The molecule has 94 valence electrons. The molecule has 2 aromatic rings. The van der Waals surface area contributed by atoms with Crippen molar-refractivity contribution in [1.29, 1.82) is 0 Å². The summed E-state index contributed by atoms with van der Waals surface area (Å²) in [7, 11) is 4.00. The molecule has 0 aliphatic rings. The molecule has 0 aliphatic carbocycles. The van der Waals surface area contributed by atoms with E-state index in [9.17, 15) is 0 Å². The van der Waals surface area contributed by atoms with Crippen LogP contribution in [0.1, 0.15) is 11.3 Å². The van der Waals surface area contributed by atoms with Crippen LogP contribution >= 0.6 is 0 Å². The molecule has 0 atom stereocenters. The van der Waals surface area contributed by atoms with Crippen LogP contribution < -0.4 is 10.2 Å². The third kappa shape index (κ3) is 3.00. The number of pyridine rings is 1. The first-order valence-electron chi connectivity index (χ1n) is 6.09. The number of aryl methyl sites for hydroxylation is 1. The van der Waals surface area contributed by atoms with Crippen molar-refractivity contribution in [3.63, 3.8) is 0 Å². The third-order valence-electron chi connectivity index (χ3n) is 2.98. The van der Waals surface area contributed by atoms with Gasteiger partial charge in [0.1, 0.15) is 0 Å². The summed E-state index contributed by atoms with van der Waals surface area (Å²) in [6.07, 6.45) is 1.84. The summed E-state index contributed by atoms with van der Waals surface area (Å²) in [6, 6.07) is 12.6. The highest BCUT2D eigenvalue weighted by atomic mass is 15.1. The second-order valence-electron chi connectivity index (χ2n) is 4.48. The van der Waals surface area contributed by atoms with Gasteiger partial charge in [-0.1, -0.05) is 17.7 Å². The first kappa shape index (κ1) is 12.4. The van der Waals surface area contributed by atoms with Crippen LogP contribution in [0.2, 0.25) is 0 Å². The lowest BCUT2D eigenvalue weighted by molar-refractivity contribution is 0.885. The van der Waals surface area contributed by atoms with Gasteiger partial charge in [-0.2, -0.15) is 0 Å². The standard InChI is InChI=1S/C15H19N3/c1-12-4-6-15(7-5-12)18(3)11-14-10-13(16-2)8-9-17-14/h4-10H,11H2,1-3H3,(H,16,17). The van der Waals surface area contributed by atoms with Crippen molar-refractivity contribution in [1.82, 2.24) is 4.98 Å². The van der Waals surface area contributed by atoms with Gasteiger partial charge in [0, 0.05) is 31.7 Å². The minimum absolute atomic E-state index is 0.804. The van der Waals surface area contributed by atoms with Crippen molar-refractivity contribution in [2.75, 3.05) is 24.3 Å². The van der Waals surface area contributed by atoms with Gasteiger partial charge in [0.15, 0.2) is 0 Å². The highest BCUT2D eigenvalue weighted by molar-refractivity contribution is 5.48. The molecule has 1 N–H and O–H groups in total. The molecular weight excluding hydrogens is 222 g/mol. The molecule has 0 saturated carbocycles. The van der Waals surface area contributed by atoms with Crippen molar-refractivity contribution in [2.24, 2.45) is 0 Å². The van der Waals surface area contributed by atoms with Gasteiger partial charge in [0.05, 0.1) is 12.2 Å². The predicted octanol–water partition coefficient (Wildman–Crippen LogP) is 3.07. The summed E-state index contributed by atoms with van der Waals surface area (Å²) in [5.41, 5.74) is 4.64. The van der Waals surface area contributed by atoms with Gasteiger partial charge in [0.25, 0.3) is 0 Å². The van der Waals surface area contributed by atoms with Gasteiger partial charge < -0.3 is 10.2 Å². The van der Waals surface area contributed by atoms with Crippen LogP contribution in [-0.2, 0) is 6.54 Å². The van der Waals surface area contributed by atoms with E-state index in [4.69, 9.17) is 0 Å². The SMILES string of the molecule is CNc1ccnc(CN(C)c2ccc(C)cc2)c1. The molecule has 3 heteroatoms. The van der Waals surface area contributed by atoms with Crippen LogP contribution in [0.5, 0.6) is 0 Å². The highest BCUT2D eigenvalue weighted by Crippen LogP contribution is 2.16. The first-order chi connectivity index (χ1) is 8.69. The zero-order valence-corrected chi connectivity index (χ0v) is 11.1. The second kappa shape index (κ2) is 5.54. The Bertz CT molecular complexity index is 505. The normalized spacial score (nSPS) is 10.2. The Morgan fingerprint density at radius 1 is 1.17 bits per heavy atom. The van der Waals surface area contributed by atoms with Gasteiger partial charge in [-0.25, -0.2) is 0 Å². The smallest absolute Gasteiger partial charge is 0.0617 e. The first-order valence-corrected chi connectivity index (χ1v) is 6.09. The lowest BCUT2D eigenvalue weighted by atomic mass is 10.2. The monoisotopic (exact) mass is 241 g/mol. The number of nitrogens with one attached hydrogen (secondary N) is 1. The zero-order valence-electron chi connectivity index (χ0n) is 11.1. The van der Waals surface area contributed by atoms with Crippen molar-refractivity contribution >= 4 is 11.4 Å². The Balaban J connectivity index is 2.10. The number of hydrogen-bond donors (Lipinski definition) is 1. The van der Waals surface area contributed by atoms with Crippen LogP contribution in [0.4, 0.5) is 11.4 Å². The topological polar surface area (TPSA) is 28.2 Å². The molecule has 2 rings (SSSR count). The molecule has 1 heterocycles. The van der Waals surface area contributed by atoms with E-state index in [0.29, 0.717) is 0 Å². The molecule has 0 radical (unpaired) electrons. The van der Waals surface area contributed by atoms with E-state index >= 15 is 0 Å². The molecule has 0 saturated heterocycles. The summed E-state index contributed by atoms with van der Waals surface area (Å²) in [5, 5.41) is 3.13. The molecule has 3 nitrogen and oxygen atoms in total. The molecule has 18 heavy (non-hydrogen) atoms. The van der Waals surface area contributed by atoms with Crippen molar-refractivity contribution in [2.45, 2.75) is 13.5 Å². The Labute approximate surface area is 108 Å². The van der Waals surface area contributed by atoms with Crippen LogP contribution in [-0.4, -0.2) is 19.1 Å². The molecule has 0 unspecified atom stereocenters. The molecule has 0 fully saturated rings. The minimum Gasteiger partial charge on any atom is -0.388 e. The fraction of sp³-hybridized carbons (Fsp3) is 0.267. The summed E-state index contributed by atoms with van der Waals surface area (Å²) < 4.78 is 0. The third-order valence-corrected chi connectivity index (χ3v) is 2.98. The fourth-order valence-corrected chi connectivity index (χ4v) is 1.85. The van der Waals surface area contributed by atoms with Gasteiger partial charge in [-0.3, -0.25) is 4.98 Å². The fourth-order valence-electron chi connectivity index (χ4n) is 1.85. The average Bonchev–Trinajstić information content (AvgIpc) is 2.39. The van der Waals surface area contributed by atoms with Gasteiger partial charge in [-0.05, 0) is 31.2 Å². The molecule has 0 aliphatic heterocycles. The van der Waals surface area contributed by atoms with Gasteiger partial charge in [0.2, 0.25) is 0 Å². The Morgan fingerprint density at radius 3 is 2.56 bits per heavy atom. The van der Waals surface area contributed by atoms with Crippen LogP contribution in [0.15, 0.2) is 42.6 Å². The van der Waals surface area contributed by atoms with E-state index in [2.05, 4.69) is 59.5 Å². The Morgan fingerprint density at radius 2 is 1.89 bits per heavy atom. The van der Waals surface area contributed by atoms with Crippen LogP contribution in [0, 0.1) is 6.92 Å². The number of benzene rings is 1. The lowest BCUT2D eigenvalue weighted by Gasteiger charge is -2.19. The van der Waals surface area contributed by atoms with Gasteiger partial charge >= 0.3 is 0 Å². The Hall–Kier alpha value is -2.03. The highest BCUT2D eigenvalue weighted by Gasteiger charge is 2.03. The number of rotatable bonds is 4. The average molecular weight is 241 g/mol. The summed E-state index contributed by atoms with van der Waals surface area (Å²) in [5.74, 6) is 0. The second-order valence-corrected chi connectivity index (χ2v) is 4.48. The van der Waals surface area contributed by atoms with Crippen LogP contribution in [0.3, 0.4) is 0 Å². The Kier molecular flexibility index (Phi) is 3.82.